The van der Waals surface area contributed by atoms with E-state index in [2.05, 4.69) is 10.6 Å². The monoisotopic (exact) mass is 272 g/mol. The van der Waals surface area contributed by atoms with Crippen LogP contribution in [0.15, 0.2) is 18.2 Å². The van der Waals surface area contributed by atoms with Crippen LogP contribution in [0.2, 0.25) is 10.0 Å². The molecule has 0 aliphatic heterocycles. The predicted octanol–water partition coefficient (Wildman–Crippen LogP) is 3.05. The zero-order chi connectivity index (χ0) is 12.4. The Bertz CT molecular complexity index is 473. The van der Waals surface area contributed by atoms with Crippen molar-refractivity contribution in [3.05, 3.63) is 28.2 Å². The highest BCUT2D eigenvalue weighted by atomic mass is 35.5. The molecule has 1 aromatic rings. The molecule has 0 unspecified atom stereocenters. The Morgan fingerprint density at radius 1 is 1.24 bits per heavy atom. The Labute approximate surface area is 108 Å². The Morgan fingerprint density at radius 2 is 1.94 bits per heavy atom. The maximum atomic E-state index is 11.5. The van der Waals surface area contributed by atoms with Crippen LogP contribution < -0.4 is 10.6 Å². The van der Waals surface area contributed by atoms with Gasteiger partial charge < -0.3 is 5.32 Å². The zero-order valence-corrected chi connectivity index (χ0v) is 10.3. The van der Waals surface area contributed by atoms with Crippen molar-refractivity contribution in [2.24, 2.45) is 5.92 Å². The predicted molar refractivity (Wildman–Crippen MR) is 66.3 cm³/mol. The Kier molecular flexibility index (Phi) is 3.54. The molecule has 1 aliphatic rings. The van der Waals surface area contributed by atoms with Crippen molar-refractivity contribution in [3.63, 3.8) is 0 Å². The second kappa shape index (κ2) is 4.94. The minimum Gasteiger partial charge on any atom is -0.306 e. The first-order valence-corrected chi connectivity index (χ1v) is 5.89. The van der Waals surface area contributed by atoms with Crippen LogP contribution in [-0.4, -0.2) is 11.9 Å². The van der Waals surface area contributed by atoms with E-state index in [1.807, 2.05) is 0 Å². The van der Waals surface area contributed by atoms with Gasteiger partial charge in [0.1, 0.15) is 0 Å². The van der Waals surface area contributed by atoms with Gasteiger partial charge in [-0.2, -0.15) is 0 Å². The molecule has 3 amide bonds. The maximum absolute atomic E-state index is 11.5. The lowest BCUT2D eigenvalue weighted by Crippen LogP contribution is -2.35. The average Bonchev–Trinajstić information content (AvgIpc) is 3.08. The van der Waals surface area contributed by atoms with Crippen molar-refractivity contribution >= 4 is 40.8 Å². The van der Waals surface area contributed by atoms with E-state index < -0.39 is 6.03 Å². The van der Waals surface area contributed by atoms with Crippen molar-refractivity contribution in [3.8, 4) is 0 Å². The molecule has 6 heteroatoms. The van der Waals surface area contributed by atoms with Crippen molar-refractivity contribution in [1.29, 1.82) is 0 Å². The number of imide groups is 1. The summed E-state index contributed by atoms with van der Waals surface area (Å²) in [6.45, 7) is 0. The number of carbonyl (C=O) groups is 2. The quantitative estimate of drug-likeness (QED) is 0.870. The molecule has 0 saturated heterocycles. The van der Waals surface area contributed by atoms with Gasteiger partial charge in [0.25, 0.3) is 0 Å². The van der Waals surface area contributed by atoms with E-state index in [-0.39, 0.29) is 16.8 Å². The fraction of sp³-hybridized carbons (Fsp3) is 0.273. The van der Waals surface area contributed by atoms with Gasteiger partial charge in [-0.1, -0.05) is 29.3 Å². The lowest BCUT2D eigenvalue weighted by Gasteiger charge is -2.08. The summed E-state index contributed by atoms with van der Waals surface area (Å²) in [5.74, 6) is -0.267. The molecule has 17 heavy (non-hydrogen) atoms. The minimum absolute atomic E-state index is 0.0180. The molecule has 90 valence electrons. The molecule has 1 fully saturated rings. The second-order valence-electron chi connectivity index (χ2n) is 3.82. The third-order valence-corrected chi connectivity index (χ3v) is 3.20. The van der Waals surface area contributed by atoms with Crippen LogP contribution in [0.5, 0.6) is 0 Å². The van der Waals surface area contributed by atoms with Crippen LogP contribution in [0, 0.1) is 5.92 Å². The molecule has 2 N–H and O–H groups in total. The number of rotatable bonds is 2. The molecule has 1 saturated carbocycles. The van der Waals surface area contributed by atoms with E-state index in [1.165, 1.54) is 0 Å². The van der Waals surface area contributed by atoms with E-state index >= 15 is 0 Å². The highest BCUT2D eigenvalue weighted by Gasteiger charge is 2.30. The first kappa shape index (κ1) is 12.2. The van der Waals surface area contributed by atoms with Gasteiger partial charge in [-0.15, -0.1) is 0 Å². The van der Waals surface area contributed by atoms with E-state index in [0.717, 1.165) is 12.8 Å². The maximum Gasteiger partial charge on any atom is 0.325 e. The second-order valence-corrected chi connectivity index (χ2v) is 4.60. The van der Waals surface area contributed by atoms with Crippen LogP contribution in [-0.2, 0) is 4.79 Å². The SMILES string of the molecule is O=C(NC(=O)C1CC1)Nc1cccc(Cl)c1Cl. The number of urea groups is 1. The van der Waals surface area contributed by atoms with E-state index in [4.69, 9.17) is 23.2 Å². The number of benzene rings is 1. The highest BCUT2D eigenvalue weighted by molar-refractivity contribution is 6.44. The number of hydrogen-bond acceptors (Lipinski definition) is 2. The third-order valence-electron chi connectivity index (χ3n) is 2.38. The van der Waals surface area contributed by atoms with Crippen molar-refractivity contribution < 1.29 is 9.59 Å². The molecular formula is C11H10Cl2N2O2. The van der Waals surface area contributed by atoms with E-state index in [0.29, 0.717) is 10.7 Å². The molecule has 1 aromatic carbocycles. The summed E-state index contributed by atoms with van der Waals surface area (Å²) >= 11 is 11.7. The Morgan fingerprint density at radius 3 is 2.59 bits per heavy atom. The van der Waals surface area contributed by atoms with Crippen LogP contribution >= 0.6 is 23.2 Å². The van der Waals surface area contributed by atoms with Crippen molar-refractivity contribution in [2.75, 3.05) is 5.32 Å². The summed E-state index contributed by atoms with van der Waals surface area (Å²) in [4.78, 5) is 22.8. The third kappa shape index (κ3) is 3.11. The van der Waals surface area contributed by atoms with Gasteiger partial charge in [-0.25, -0.2) is 4.79 Å². The normalized spacial score (nSPS) is 14.2. The lowest BCUT2D eigenvalue weighted by atomic mass is 10.3. The molecule has 0 spiro atoms. The fourth-order valence-corrected chi connectivity index (χ4v) is 1.66. The molecule has 0 atom stereocenters. The standard InChI is InChI=1S/C11H10Cl2N2O2/c12-7-2-1-3-8(9(7)13)14-11(17)15-10(16)6-4-5-6/h1-3,6H,4-5H2,(H2,14,15,16,17). The molecular weight excluding hydrogens is 263 g/mol. The van der Waals surface area contributed by atoms with Crippen LogP contribution in [0.25, 0.3) is 0 Å². The van der Waals surface area contributed by atoms with Crippen LogP contribution in [0.1, 0.15) is 12.8 Å². The van der Waals surface area contributed by atoms with E-state index in [1.54, 1.807) is 18.2 Å². The largest absolute Gasteiger partial charge is 0.325 e. The molecule has 4 nitrogen and oxygen atoms in total. The summed E-state index contributed by atoms with van der Waals surface area (Å²) in [6.07, 6.45) is 1.69. The molecule has 0 bridgehead atoms. The number of nitrogens with one attached hydrogen (secondary N) is 2. The fourth-order valence-electron chi connectivity index (χ4n) is 1.31. The highest BCUT2D eigenvalue weighted by Crippen LogP contribution is 2.30. The first-order valence-electron chi connectivity index (χ1n) is 5.14. The molecule has 0 heterocycles. The minimum atomic E-state index is -0.592. The first-order chi connectivity index (χ1) is 8.08. The smallest absolute Gasteiger partial charge is 0.306 e. The number of halogens is 2. The number of amides is 3. The summed E-state index contributed by atoms with van der Waals surface area (Å²) < 4.78 is 0. The summed E-state index contributed by atoms with van der Waals surface area (Å²) in [6, 6.07) is 4.29. The van der Waals surface area contributed by atoms with Gasteiger partial charge in [0, 0.05) is 5.92 Å². The number of hydrogen-bond donors (Lipinski definition) is 2. The Hall–Kier alpha value is -1.26. The number of anilines is 1. The lowest BCUT2D eigenvalue weighted by molar-refractivity contribution is -0.121. The average molecular weight is 273 g/mol. The van der Waals surface area contributed by atoms with Crippen LogP contribution in [0.3, 0.4) is 0 Å². The van der Waals surface area contributed by atoms with Gasteiger partial charge in [0.15, 0.2) is 0 Å². The summed E-state index contributed by atoms with van der Waals surface area (Å²) in [7, 11) is 0. The molecule has 1 aliphatic carbocycles. The number of carbonyl (C=O) groups excluding carboxylic acids is 2. The molecule has 0 radical (unpaired) electrons. The van der Waals surface area contributed by atoms with Gasteiger partial charge in [0.2, 0.25) is 5.91 Å². The van der Waals surface area contributed by atoms with Gasteiger partial charge in [0.05, 0.1) is 15.7 Å². The van der Waals surface area contributed by atoms with Gasteiger partial charge >= 0.3 is 6.03 Å². The summed E-state index contributed by atoms with van der Waals surface area (Å²) in [5, 5.41) is 5.32. The Balaban J connectivity index is 1.97. The summed E-state index contributed by atoms with van der Waals surface area (Å²) in [5.41, 5.74) is 0.375. The van der Waals surface area contributed by atoms with Gasteiger partial charge in [-0.3, -0.25) is 10.1 Å². The van der Waals surface area contributed by atoms with Gasteiger partial charge in [-0.05, 0) is 25.0 Å². The van der Waals surface area contributed by atoms with E-state index in [9.17, 15) is 9.59 Å². The van der Waals surface area contributed by atoms with Crippen LogP contribution in [0.4, 0.5) is 10.5 Å². The van der Waals surface area contributed by atoms with Crippen molar-refractivity contribution in [1.82, 2.24) is 5.32 Å². The topological polar surface area (TPSA) is 58.2 Å². The zero-order valence-electron chi connectivity index (χ0n) is 8.80. The molecule has 2 rings (SSSR count). The van der Waals surface area contributed by atoms with Crippen molar-refractivity contribution in [2.45, 2.75) is 12.8 Å². The molecule has 0 aromatic heterocycles.